The molecule has 2 unspecified atom stereocenters. The second-order valence-corrected chi connectivity index (χ2v) is 6.72. The van der Waals surface area contributed by atoms with E-state index in [4.69, 9.17) is 0 Å². The summed E-state index contributed by atoms with van der Waals surface area (Å²) in [5.41, 5.74) is 2.39. The largest absolute Gasteiger partial charge is 0.387 e. The van der Waals surface area contributed by atoms with E-state index >= 15 is 0 Å². The zero-order valence-electron chi connectivity index (χ0n) is 11.3. The number of aryl methyl sites for hydroxylation is 1. The molecule has 1 aromatic carbocycles. The summed E-state index contributed by atoms with van der Waals surface area (Å²) in [6, 6.07) is 12.8. The van der Waals surface area contributed by atoms with Crippen molar-refractivity contribution in [3.05, 3.63) is 57.3 Å². The molecule has 100 valence electrons. The van der Waals surface area contributed by atoms with Crippen LogP contribution in [0.15, 0.2) is 36.4 Å². The van der Waals surface area contributed by atoms with Crippen LogP contribution in [-0.4, -0.2) is 23.1 Å². The average Bonchev–Trinajstić information content (AvgIpc) is 2.94. The highest BCUT2D eigenvalue weighted by molar-refractivity contribution is 7.11. The molecule has 0 radical (unpaired) electrons. The summed E-state index contributed by atoms with van der Waals surface area (Å²) < 4.78 is 0. The standard InChI is InChI=1S/C16H19NOS/c1-11-7-8-13(19-11)10-17(2)15-9-12-5-3-4-6-14(12)16(15)18/h3-8,15-16,18H,9-10H2,1-2H3. The molecule has 0 aliphatic heterocycles. The van der Waals surface area contributed by atoms with E-state index in [9.17, 15) is 5.11 Å². The highest BCUT2D eigenvalue weighted by atomic mass is 32.1. The maximum Gasteiger partial charge on any atom is 0.0951 e. The molecular formula is C16H19NOS. The van der Waals surface area contributed by atoms with E-state index in [0.29, 0.717) is 0 Å². The average molecular weight is 273 g/mol. The Morgan fingerprint density at radius 3 is 2.74 bits per heavy atom. The number of rotatable bonds is 3. The van der Waals surface area contributed by atoms with E-state index < -0.39 is 0 Å². The van der Waals surface area contributed by atoms with Gasteiger partial charge in [-0.3, -0.25) is 4.90 Å². The number of aliphatic hydroxyl groups excluding tert-OH is 1. The third kappa shape index (κ3) is 2.46. The lowest BCUT2D eigenvalue weighted by Crippen LogP contribution is -2.34. The van der Waals surface area contributed by atoms with E-state index in [1.807, 2.05) is 23.5 Å². The van der Waals surface area contributed by atoms with Crippen molar-refractivity contribution in [3.63, 3.8) is 0 Å². The van der Waals surface area contributed by atoms with Crippen LogP contribution in [0.25, 0.3) is 0 Å². The number of thiophene rings is 1. The minimum absolute atomic E-state index is 0.194. The smallest absolute Gasteiger partial charge is 0.0951 e. The third-order valence-electron chi connectivity index (χ3n) is 3.93. The predicted molar refractivity (Wildman–Crippen MR) is 79.4 cm³/mol. The van der Waals surface area contributed by atoms with Crippen LogP contribution in [0.3, 0.4) is 0 Å². The lowest BCUT2D eigenvalue weighted by molar-refractivity contribution is 0.0727. The third-order valence-corrected chi connectivity index (χ3v) is 4.92. The van der Waals surface area contributed by atoms with Crippen molar-refractivity contribution in [2.24, 2.45) is 0 Å². The molecule has 2 atom stereocenters. The van der Waals surface area contributed by atoms with Gasteiger partial charge in [-0.25, -0.2) is 0 Å². The second-order valence-electron chi connectivity index (χ2n) is 5.34. The van der Waals surface area contributed by atoms with Crippen molar-refractivity contribution in [1.82, 2.24) is 4.90 Å². The number of benzene rings is 1. The first-order chi connectivity index (χ1) is 9.15. The van der Waals surface area contributed by atoms with Crippen molar-refractivity contribution in [2.75, 3.05) is 7.05 Å². The van der Waals surface area contributed by atoms with Crippen LogP contribution in [0.1, 0.15) is 27.0 Å². The van der Waals surface area contributed by atoms with Crippen LogP contribution in [0.4, 0.5) is 0 Å². The molecule has 3 heteroatoms. The van der Waals surface area contributed by atoms with Crippen molar-refractivity contribution in [3.8, 4) is 0 Å². The van der Waals surface area contributed by atoms with Crippen molar-refractivity contribution >= 4 is 11.3 Å². The van der Waals surface area contributed by atoms with Crippen LogP contribution in [0.2, 0.25) is 0 Å². The summed E-state index contributed by atoms with van der Waals surface area (Å²) in [6.45, 7) is 3.04. The van der Waals surface area contributed by atoms with Crippen LogP contribution < -0.4 is 0 Å². The zero-order chi connectivity index (χ0) is 13.4. The van der Waals surface area contributed by atoms with Gasteiger partial charge in [0, 0.05) is 22.3 Å². The number of hydrogen-bond acceptors (Lipinski definition) is 3. The fourth-order valence-electron chi connectivity index (χ4n) is 2.88. The van der Waals surface area contributed by atoms with Gasteiger partial charge < -0.3 is 5.11 Å². The van der Waals surface area contributed by atoms with Crippen LogP contribution in [-0.2, 0) is 13.0 Å². The molecule has 1 heterocycles. The number of likely N-dealkylation sites (N-methyl/N-ethyl adjacent to an activating group) is 1. The van der Waals surface area contributed by atoms with Gasteiger partial charge in [0.25, 0.3) is 0 Å². The Hall–Kier alpha value is -1.16. The molecule has 0 fully saturated rings. The lowest BCUT2D eigenvalue weighted by Gasteiger charge is -2.26. The number of aliphatic hydroxyl groups is 1. The van der Waals surface area contributed by atoms with Gasteiger partial charge in [-0.2, -0.15) is 0 Å². The Kier molecular flexibility index (Phi) is 3.44. The number of fused-ring (bicyclic) bond motifs is 1. The minimum Gasteiger partial charge on any atom is -0.387 e. The van der Waals surface area contributed by atoms with Gasteiger partial charge in [-0.15, -0.1) is 11.3 Å². The summed E-state index contributed by atoms with van der Waals surface area (Å²) in [4.78, 5) is 4.98. The molecule has 0 saturated carbocycles. The van der Waals surface area contributed by atoms with Gasteiger partial charge in [-0.1, -0.05) is 24.3 Å². The maximum atomic E-state index is 10.5. The molecule has 1 aliphatic rings. The van der Waals surface area contributed by atoms with Crippen molar-refractivity contribution in [2.45, 2.75) is 32.0 Å². The van der Waals surface area contributed by atoms with E-state index in [2.05, 4.69) is 43.1 Å². The van der Waals surface area contributed by atoms with Gasteiger partial charge in [0.15, 0.2) is 0 Å². The normalized spacial score (nSPS) is 21.9. The highest BCUT2D eigenvalue weighted by Crippen LogP contribution is 2.34. The maximum absolute atomic E-state index is 10.5. The minimum atomic E-state index is -0.359. The fraction of sp³-hybridized carbons (Fsp3) is 0.375. The SMILES string of the molecule is Cc1ccc(CN(C)C2Cc3ccccc3C2O)s1. The second kappa shape index (κ2) is 5.08. The van der Waals surface area contributed by atoms with Crippen molar-refractivity contribution < 1.29 is 5.11 Å². The summed E-state index contributed by atoms with van der Waals surface area (Å²) in [6.07, 6.45) is 0.584. The Morgan fingerprint density at radius 2 is 2.05 bits per heavy atom. The monoisotopic (exact) mass is 273 g/mol. The Balaban J connectivity index is 1.74. The molecular weight excluding hydrogens is 254 g/mol. The topological polar surface area (TPSA) is 23.5 Å². The summed E-state index contributed by atoms with van der Waals surface area (Å²) >= 11 is 1.84. The lowest BCUT2D eigenvalue weighted by atomic mass is 10.1. The van der Waals surface area contributed by atoms with Gasteiger partial charge in [0.05, 0.1) is 6.10 Å². The first kappa shape index (κ1) is 12.9. The fourth-order valence-corrected chi connectivity index (χ4v) is 3.84. The molecule has 0 spiro atoms. The van der Waals surface area contributed by atoms with Crippen LogP contribution in [0, 0.1) is 6.92 Å². The molecule has 1 N–H and O–H groups in total. The quantitative estimate of drug-likeness (QED) is 0.928. The molecule has 0 bridgehead atoms. The van der Waals surface area contributed by atoms with Gasteiger partial charge in [0.2, 0.25) is 0 Å². The predicted octanol–water partition coefficient (Wildman–Crippen LogP) is 3.15. The molecule has 2 nitrogen and oxygen atoms in total. The van der Waals surface area contributed by atoms with Gasteiger partial charge in [0.1, 0.15) is 0 Å². The molecule has 3 rings (SSSR count). The highest BCUT2D eigenvalue weighted by Gasteiger charge is 2.33. The molecule has 1 aliphatic carbocycles. The number of nitrogens with zero attached hydrogens (tertiary/aromatic N) is 1. The Morgan fingerprint density at radius 1 is 1.26 bits per heavy atom. The molecule has 0 amide bonds. The first-order valence-corrected chi connectivity index (χ1v) is 7.48. The molecule has 2 aromatic rings. The summed E-state index contributed by atoms with van der Waals surface area (Å²) in [5.74, 6) is 0. The number of hydrogen-bond donors (Lipinski definition) is 1. The molecule has 1 aromatic heterocycles. The van der Waals surface area contributed by atoms with E-state index in [1.165, 1.54) is 15.3 Å². The van der Waals surface area contributed by atoms with E-state index in [-0.39, 0.29) is 12.1 Å². The zero-order valence-corrected chi connectivity index (χ0v) is 12.2. The van der Waals surface area contributed by atoms with Crippen LogP contribution in [0.5, 0.6) is 0 Å². The summed E-state index contributed by atoms with van der Waals surface area (Å²) in [7, 11) is 2.11. The van der Waals surface area contributed by atoms with E-state index in [0.717, 1.165) is 18.5 Å². The van der Waals surface area contributed by atoms with Gasteiger partial charge in [-0.05, 0) is 43.7 Å². The molecule has 0 saturated heterocycles. The summed E-state index contributed by atoms with van der Waals surface area (Å²) in [5, 5.41) is 10.5. The van der Waals surface area contributed by atoms with Crippen LogP contribution >= 0.6 is 11.3 Å². The Labute approximate surface area is 118 Å². The molecule has 19 heavy (non-hydrogen) atoms. The van der Waals surface area contributed by atoms with Crippen molar-refractivity contribution in [1.29, 1.82) is 0 Å². The Bertz CT molecular complexity index is 578. The van der Waals surface area contributed by atoms with E-state index in [1.54, 1.807) is 0 Å². The first-order valence-electron chi connectivity index (χ1n) is 6.66. The van der Waals surface area contributed by atoms with Gasteiger partial charge >= 0.3 is 0 Å².